The molecule has 5 nitrogen and oxygen atoms in total. The molecule has 0 fully saturated rings. The van der Waals surface area contributed by atoms with Gasteiger partial charge in [0.05, 0.1) is 11.1 Å². The molecular weight excluding hydrogens is 270 g/mol. The first-order valence-electron chi connectivity index (χ1n) is 6.35. The predicted octanol–water partition coefficient (Wildman–Crippen LogP) is 2.27. The van der Waals surface area contributed by atoms with Crippen LogP contribution in [-0.4, -0.2) is 28.7 Å². The fraction of sp³-hybridized carbons (Fsp3) is 0.125. The van der Waals surface area contributed by atoms with Gasteiger partial charge in [-0.25, -0.2) is 9.59 Å². The molecule has 0 spiro atoms. The third kappa shape index (κ3) is 5.88. The summed E-state index contributed by atoms with van der Waals surface area (Å²) in [5.74, 6) is -2.25. The summed E-state index contributed by atoms with van der Waals surface area (Å²) >= 11 is 0. The van der Waals surface area contributed by atoms with Crippen molar-refractivity contribution in [2.75, 3.05) is 6.54 Å². The Labute approximate surface area is 122 Å². The van der Waals surface area contributed by atoms with Crippen molar-refractivity contribution in [3.05, 3.63) is 71.3 Å². The lowest BCUT2D eigenvalue weighted by molar-refractivity contribution is 0.0696. The Morgan fingerprint density at radius 3 is 1.81 bits per heavy atom. The lowest BCUT2D eigenvalue weighted by Gasteiger charge is -1.95. The molecule has 0 amide bonds. The van der Waals surface area contributed by atoms with Crippen LogP contribution in [-0.2, 0) is 6.42 Å². The van der Waals surface area contributed by atoms with E-state index in [1.807, 2.05) is 18.2 Å². The monoisotopic (exact) mass is 287 g/mol. The Morgan fingerprint density at radius 1 is 0.857 bits per heavy atom. The Balaban J connectivity index is 0.000000219. The smallest absolute Gasteiger partial charge is 0.335 e. The first-order chi connectivity index (χ1) is 10.0. The van der Waals surface area contributed by atoms with Crippen molar-refractivity contribution in [1.29, 1.82) is 0 Å². The molecule has 0 saturated carbocycles. The van der Waals surface area contributed by atoms with E-state index < -0.39 is 11.9 Å². The van der Waals surface area contributed by atoms with Gasteiger partial charge >= 0.3 is 11.9 Å². The zero-order valence-corrected chi connectivity index (χ0v) is 11.4. The summed E-state index contributed by atoms with van der Waals surface area (Å²) < 4.78 is 0. The average molecular weight is 287 g/mol. The third-order valence-corrected chi connectivity index (χ3v) is 2.63. The van der Waals surface area contributed by atoms with Gasteiger partial charge in [0.1, 0.15) is 0 Å². The quantitative estimate of drug-likeness (QED) is 0.800. The highest BCUT2D eigenvalue weighted by Gasteiger charge is 2.06. The molecule has 0 heterocycles. The lowest BCUT2D eigenvalue weighted by atomic mass is 10.1. The minimum atomic E-state index is -1.13. The largest absolute Gasteiger partial charge is 0.478 e. The second-order valence-corrected chi connectivity index (χ2v) is 4.22. The molecule has 0 radical (unpaired) electrons. The summed E-state index contributed by atoms with van der Waals surface area (Å²) in [6.07, 6.45) is 0.987. The van der Waals surface area contributed by atoms with Gasteiger partial charge in [-0.15, -0.1) is 0 Å². The Hall–Kier alpha value is -2.66. The van der Waals surface area contributed by atoms with Crippen molar-refractivity contribution in [2.45, 2.75) is 6.42 Å². The molecule has 110 valence electrons. The van der Waals surface area contributed by atoms with Crippen LogP contribution in [0, 0.1) is 0 Å². The molecule has 2 aromatic rings. The van der Waals surface area contributed by atoms with Crippen LogP contribution >= 0.6 is 0 Å². The van der Waals surface area contributed by atoms with Gasteiger partial charge in [0, 0.05) is 0 Å². The predicted molar refractivity (Wildman–Crippen MR) is 79.6 cm³/mol. The Bertz CT molecular complexity index is 567. The molecule has 0 saturated heterocycles. The van der Waals surface area contributed by atoms with Gasteiger partial charge in [0.25, 0.3) is 0 Å². The number of carboxylic acids is 2. The molecule has 0 aliphatic carbocycles. The highest BCUT2D eigenvalue weighted by molar-refractivity contribution is 5.93. The number of carbonyl (C=O) groups is 2. The summed E-state index contributed by atoms with van der Waals surface area (Å²) in [4.78, 5) is 20.8. The number of carboxylic acid groups (broad SMARTS) is 2. The Morgan fingerprint density at radius 2 is 1.38 bits per heavy atom. The molecule has 0 atom stereocenters. The summed E-state index contributed by atoms with van der Waals surface area (Å²) in [6, 6.07) is 15.5. The zero-order chi connectivity index (χ0) is 15.7. The van der Waals surface area contributed by atoms with E-state index >= 15 is 0 Å². The first-order valence-corrected chi connectivity index (χ1v) is 6.35. The molecule has 2 rings (SSSR count). The van der Waals surface area contributed by atoms with Crippen molar-refractivity contribution in [3.63, 3.8) is 0 Å². The van der Waals surface area contributed by atoms with Crippen LogP contribution in [0.5, 0.6) is 0 Å². The number of benzene rings is 2. The van der Waals surface area contributed by atoms with Gasteiger partial charge in [-0.05, 0) is 36.7 Å². The van der Waals surface area contributed by atoms with E-state index in [9.17, 15) is 9.59 Å². The van der Waals surface area contributed by atoms with Crippen LogP contribution in [0.25, 0.3) is 0 Å². The molecule has 21 heavy (non-hydrogen) atoms. The van der Waals surface area contributed by atoms with E-state index in [0.717, 1.165) is 19.0 Å². The minimum Gasteiger partial charge on any atom is -0.478 e. The van der Waals surface area contributed by atoms with Crippen molar-refractivity contribution >= 4 is 11.9 Å². The van der Waals surface area contributed by atoms with Crippen LogP contribution in [0.3, 0.4) is 0 Å². The maximum atomic E-state index is 10.4. The fourth-order valence-corrected chi connectivity index (χ4v) is 1.60. The maximum absolute atomic E-state index is 10.4. The number of aromatic carboxylic acids is 2. The van der Waals surface area contributed by atoms with Crippen molar-refractivity contribution in [2.24, 2.45) is 5.73 Å². The molecule has 5 heteroatoms. The molecule has 4 N–H and O–H groups in total. The molecule has 0 bridgehead atoms. The maximum Gasteiger partial charge on any atom is 0.335 e. The summed E-state index contributed by atoms with van der Waals surface area (Å²) in [5, 5.41) is 17.0. The third-order valence-electron chi connectivity index (χ3n) is 2.63. The standard InChI is InChI=1S/C8H11N.C8H6O4/c9-7-6-8-4-2-1-3-5-8;9-7(10)5-2-1-3-6(4-5)8(11)12/h1-5H,6-7,9H2;1-4H,(H,9,10)(H,11,12). The highest BCUT2D eigenvalue weighted by atomic mass is 16.4. The molecule has 2 aromatic carbocycles. The number of hydrogen-bond donors (Lipinski definition) is 3. The van der Waals surface area contributed by atoms with Gasteiger partial charge < -0.3 is 15.9 Å². The first kappa shape index (κ1) is 16.4. The second kappa shape index (κ2) is 8.50. The van der Waals surface area contributed by atoms with E-state index in [0.29, 0.717) is 0 Å². The average Bonchev–Trinajstić information content (AvgIpc) is 2.49. The van der Waals surface area contributed by atoms with E-state index in [2.05, 4.69) is 12.1 Å². The zero-order valence-electron chi connectivity index (χ0n) is 11.4. The molecule has 0 unspecified atom stereocenters. The van der Waals surface area contributed by atoms with Gasteiger partial charge in [0.15, 0.2) is 0 Å². The van der Waals surface area contributed by atoms with Crippen LogP contribution in [0.15, 0.2) is 54.6 Å². The summed E-state index contributed by atoms with van der Waals surface area (Å²) in [7, 11) is 0. The van der Waals surface area contributed by atoms with Crippen molar-refractivity contribution in [3.8, 4) is 0 Å². The highest BCUT2D eigenvalue weighted by Crippen LogP contribution is 2.04. The van der Waals surface area contributed by atoms with Gasteiger partial charge in [-0.2, -0.15) is 0 Å². The SMILES string of the molecule is NCCc1ccccc1.O=C(O)c1cccc(C(=O)O)c1. The van der Waals surface area contributed by atoms with Gasteiger partial charge in [-0.1, -0.05) is 36.4 Å². The van der Waals surface area contributed by atoms with Crippen LogP contribution < -0.4 is 5.73 Å². The summed E-state index contributed by atoms with van der Waals surface area (Å²) in [5.41, 5.74) is 6.64. The van der Waals surface area contributed by atoms with Crippen LogP contribution in [0.1, 0.15) is 26.3 Å². The molecule has 0 aliphatic heterocycles. The number of rotatable bonds is 4. The Kier molecular flexibility index (Phi) is 6.63. The van der Waals surface area contributed by atoms with Crippen molar-refractivity contribution in [1.82, 2.24) is 0 Å². The lowest BCUT2D eigenvalue weighted by Crippen LogP contribution is -2.01. The number of hydrogen-bond acceptors (Lipinski definition) is 3. The second-order valence-electron chi connectivity index (χ2n) is 4.22. The van der Waals surface area contributed by atoms with E-state index in [4.69, 9.17) is 15.9 Å². The summed E-state index contributed by atoms with van der Waals surface area (Å²) in [6.45, 7) is 0.740. The number of nitrogens with two attached hydrogens (primary N) is 1. The fourth-order valence-electron chi connectivity index (χ4n) is 1.60. The van der Waals surface area contributed by atoms with Gasteiger partial charge in [0.2, 0.25) is 0 Å². The van der Waals surface area contributed by atoms with Crippen molar-refractivity contribution < 1.29 is 19.8 Å². The van der Waals surface area contributed by atoms with Crippen LogP contribution in [0.4, 0.5) is 0 Å². The van der Waals surface area contributed by atoms with Gasteiger partial charge in [-0.3, -0.25) is 0 Å². The van der Waals surface area contributed by atoms with E-state index in [1.165, 1.54) is 23.8 Å². The minimum absolute atomic E-state index is 0.0186. The van der Waals surface area contributed by atoms with Crippen LogP contribution in [0.2, 0.25) is 0 Å². The topological polar surface area (TPSA) is 101 Å². The molecule has 0 aromatic heterocycles. The molecule has 0 aliphatic rings. The van der Waals surface area contributed by atoms with E-state index in [-0.39, 0.29) is 11.1 Å². The normalized spacial score (nSPS) is 9.38. The van der Waals surface area contributed by atoms with E-state index in [1.54, 1.807) is 0 Å². The molecular formula is C16H17NO4.